The van der Waals surface area contributed by atoms with Gasteiger partial charge in [0.15, 0.2) is 0 Å². The fourth-order valence-electron chi connectivity index (χ4n) is 2.15. The Morgan fingerprint density at radius 3 is 3.00 bits per heavy atom. The van der Waals surface area contributed by atoms with Crippen LogP contribution >= 0.6 is 0 Å². The average Bonchev–Trinajstić information content (AvgIpc) is 2.15. The number of hydrogen-bond acceptors (Lipinski definition) is 3. The lowest BCUT2D eigenvalue weighted by molar-refractivity contribution is 0.215. The van der Waals surface area contributed by atoms with E-state index in [1.54, 1.807) is 0 Å². The molecule has 0 heterocycles. The molecule has 1 rings (SSSR count). The van der Waals surface area contributed by atoms with Gasteiger partial charge in [-0.3, -0.25) is 5.32 Å². The molecule has 0 amide bonds. The van der Waals surface area contributed by atoms with Gasteiger partial charge in [0.05, 0.1) is 12.7 Å². The molecule has 0 radical (unpaired) electrons. The minimum atomic E-state index is -0.361. The van der Waals surface area contributed by atoms with Gasteiger partial charge in [0.1, 0.15) is 5.54 Å². The number of aliphatic hydroxyl groups is 1. The summed E-state index contributed by atoms with van der Waals surface area (Å²) < 4.78 is 0. The predicted molar refractivity (Wildman–Crippen MR) is 51.1 cm³/mol. The van der Waals surface area contributed by atoms with Crippen LogP contribution in [-0.4, -0.2) is 23.8 Å². The van der Waals surface area contributed by atoms with E-state index in [2.05, 4.69) is 18.3 Å². The van der Waals surface area contributed by atoms with Crippen molar-refractivity contribution in [1.29, 1.82) is 5.26 Å². The summed E-state index contributed by atoms with van der Waals surface area (Å²) in [6.07, 6.45) is 4.19. The maximum absolute atomic E-state index is 9.09. The topological polar surface area (TPSA) is 56.0 Å². The summed E-state index contributed by atoms with van der Waals surface area (Å²) in [7, 11) is 0. The second-order valence-electron chi connectivity index (χ2n) is 4.05. The Balaban J connectivity index is 2.53. The summed E-state index contributed by atoms with van der Waals surface area (Å²) in [6, 6.07) is 2.36. The quantitative estimate of drug-likeness (QED) is 0.685. The SMILES string of the molecule is CC1CCCC(C#N)(NCCO)C1. The molecule has 0 aromatic heterocycles. The van der Waals surface area contributed by atoms with E-state index in [1.807, 2.05) is 0 Å². The van der Waals surface area contributed by atoms with Crippen molar-refractivity contribution in [2.75, 3.05) is 13.2 Å². The highest BCUT2D eigenvalue weighted by Gasteiger charge is 2.34. The molecule has 2 atom stereocenters. The number of nitrogens with one attached hydrogen (secondary N) is 1. The number of β-amino-alcohol motifs (C(OH)–C–C–N with tert-alkyl or cyclic N) is 1. The van der Waals surface area contributed by atoms with Crippen LogP contribution in [0.5, 0.6) is 0 Å². The van der Waals surface area contributed by atoms with Crippen molar-refractivity contribution in [2.24, 2.45) is 5.92 Å². The Kier molecular flexibility index (Phi) is 3.71. The fourth-order valence-corrected chi connectivity index (χ4v) is 2.15. The van der Waals surface area contributed by atoms with E-state index in [9.17, 15) is 0 Å². The molecule has 1 fully saturated rings. The van der Waals surface area contributed by atoms with Crippen LogP contribution in [0.25, 0.3) is 0 Å². The minimum Gasteiger partial charge on any atom is -0.395 e. The predicted octanol–water partition coefficient (Wildman–Crippen LogP) is 1.04. The third-order valence-corrected chi connectivity index (χ3v) is 2.79. The minimum absolute atomic E-state index is 0.109. The molecule has 2 N–H and O–H groups in total. The Hall–Kier alpha value is -0.590. The van der Waals surface area contributed by atoms with Gasteiger partial charge < -0.3 is 5.11 Å². The fraction of sp³-hybridized carbons (Fsp3) is 0.900. The molecule has 0 saturated heterocycles. The van der Waals surface area contributed by atoms with Crippen LogP contribution in [-0.2, 0) is 0 Å². The zero-order valence-corrected chi connectivity index (χ0v) is 8.21. The first-order valence-corrected chi connectivity index (χ1v) is 4.99. The molecule has 0 aromatic rings. The molecular formula is C10H18N2O. The van der Waals surface area contributed by atoms with Gasteiger partial charge in [-0.05, 0) is 18.8 Å². The first-order valence-electron chi connectivity index (χ1n) is 4.99. The molecule has 13 heavy (non-hydrogen) atoms. The molecule has 3 heteroatoms. The van der Waals surface area contributed by atoms with Gasteiger partial charge in [0, 0.05) is 6.54 Å². The van der Waals surface area contributed by atoms with Crippen molar-refractivity contribution in [1.82, 2.24) is 5.32 Å². The van der Waals surface area contributed by atoms with Crippen molar-refractivity contribution >= 4 is 0 Å². The van der Waals surface area contributed by atoms with Gasteiger partial charge in [0.2, 0.25) is 0 Å². The van der Waals surface area contributed by atoms with Crippen LogP contribution in [0.2, 0.25) is 0 Å². The Bertz CT molecular complexity index is 200. The summed E-state index contributed by atoms with van der Waals surface area (Å²) in [5, 5.41) is 20.9. The lowest BCUT2D eigenvalue weighted by atomic mass is 9.77. The van der Waals surface area contributed by atoms with Crippen molar-refractivity contribution in [3.05, 3.63) is 0 Å². The van der Waals surface area contributed by atoms with E-state index in [0.717, 1.165) is 19.3 Å². The molecule has 2 unspecified atom stereocenters. The summed E-state index contributed by atoms with van der Waals surface area (Å²) in [6.45, 7) is 2.82. The van der Waals surface area contributed by atoms with Gasteiger partial charge >= 0.3 is 0 Å². The molecule has 0 aromatic carbocycles. The lowest BCUT2D eigenvalue weighted by Crippen LogP contribution is -2.48. The standard InChI is InChI=1S/C10H18N2O/c1-9-3-2-4-10(7-9,8-11)12-5-6-13/h9,12-13H,2-7H2,1H3. The van der Waals surface area contributed by atoms with Gasteiger partial charge in [0.25, 0.3) is 0 Å². The molecule has 1 aliphatic rings. The molecule has 3 nitrogen and oxygen atoms in total. The van der Waals surface area contributed by atoms with Crippen LogP contribution in [0.4, 0.5) is 0 Å². The molecule has 0 aliphatic heterocycles. The van der Waals surface area contributed by atoms with Crippen LogP contribution in [0.3, 0.4) is 0 Å². The summed E-state index contributed by atoms with van der Waals surface area (Å²) >= 11 is 0. The molecule has 1 aliphatic carbocycles. The highest BCUT2D eigenvalue weighted by Crippen LogP contribution is 2.31. The molecule has 0 spiro atoms. The van der Waals surface area contributed by atoms with Gasteiger partial charge in [-0.25, -0.2) is 0 Å². The van der Waals surface area contributed by atoms with E-state index in [0.29, 0.717) is 12.5 Å². The number of rotatable bonds is 3. The molecule has 74 valence electrons. The van der Waals surface area contributed by atoms with E-state index < -0.39 is 0 Å². The van der Waals surface area contributed by atoms with Crippen molar-refractivity contribution in [2.45, 2.75) is 38.1 Å². The maximum Gasteiger partial charge on any atom is 0.107 e. The largest absolute Gasteiger partial charge is 0.395 e. The molecule has 0 bridgehead atoms. The van der Waals surface area contributed by atoms with Crippen LogP contribution < -0.4 is 5.32 Å². The van der Waals surface area contributed by atoms with E-state index in [1.165, 1.54) is 6.42 Å². The second-order valence-corrected chi connectivity index (χ2v) is 4.05. The van der Waals surface area contributed by atoms with Gasteiger partial charge in [-0.2, -0.15) is 5.26 Å². The molecular weight excluding hydrogens is 164 g/mol. The third-order valence-electron chi connectivity index (χ3n) is 2.79. The number of nitriles is 1. The Morgan fingerprint density at radius 2 is 2.46 bits per heavy atom. The van der Waals surface area contributed by atoms with E-state index in [4.69, 9.17) is 10.4 Å². The Morgan fingerprint density at radius 1 is 1.69 bits per heavy atom. The first-order chi connectivity index (χ1) is 6.22. The summed E-state index contributed by atoms with van der Waals surface area (Å²) in [5.74, 6) is 0.625. The first kappa shape index (κ1) is 10.5. The second kappa shape index (κ2) is 4.59. The highest BCUT2D eigenvalue weighted by atomic mass is 16.3. The van der Waals surface area contributed by atoms with Crippen molar-refractivity contribution < 1.29 is 5.11 Å². The number of aliphatic hydroxyl groups excluding tert-OH is 1. The normalized spacial score (nSPS) is 34.1. The zero-order valence-electron chi connectivity index (χ0n) is 8.21. The van der Waals surface area contributed by atoms with Crippen molar-refractivity contribution in [3.63, 3.8) is 0 Å². The number of hydrogen-bond donors (Lipinski definition) is 2. The Labute approximate surface area is 79.8 Å². The third kappa shape index (κ3) is 2.68. The lowest BCUT2D eigenvalue weighted by Gasteiger charge is -2.35. The van der Waals surface area contributed by atoms with E-state index in [-0.39, 0.29) is 12.1 Å². The van der Waals surface area contributed by atoms with E-state index >= 15 is 0 Å². The van der Waals surface area contributed by atoms with Crippen molar-refractivity contribution in [3.8, 4) is 6.07 Å². The van der Waals surface area contributed by atoms with Gasteiger partial charge in [-0.1, -0.05) is 19.8 Å². The number of nitrogens with zero attached hydrogens (tertiary/aromatic N) is 1. The van der Waals surface area contributed by atoms with Crippen LogP contribution in [0.15, 0.2) is 0 Å². The maximum atomic E-state index is 9.09. The average molecular weight is 182 g/mol. The van der Waals surface area contributed by atoms with Gasteiger partial charge in [-0.15, -0.1) is 0 Å². The molecule has 1 saturated carbocycles. The monoisotopic (exact) mass is 182 g/mol. The summed E-state index contributed by atoms with van der Waals surface area (Å²) in [5.41, 5.74) is -0.361. The van der Waals surface area contributed by atoms with Crippen LogP contribution in [0, 0.1) is 17.2 Å². The smallest absolute Gasteiger partial charge is 0.107 e. The highest BCUT2D eigenvalue weighted by molar-refractivity contribution is 5.09. The van der Waals surface area contributed by atoms with Crippen LogP contribution in [0.1, 0.15) is 32.6 Å². The zero-order chi connectivity index (χ0) is 9.73. The summed E-state index contributed by atoms with van der Waals surface area (Å²) in [4.78, 5) is 0.